The zero-order chi connectivity index (χ0) is 21.6. The highest BCUT2D eigenvalue weighted by Crippen LogP contribution is 2.35. The van der Waals surface area contributed by atoms with Gasteiger partial charge in [-0.2, -0.15) is 0 Å². The number of morpholine rings is 1. The summed E-state index contributed by atoms with van der Waals surface area (Å²) in [5.74, 6) is 0.111. The number of aryl methyl sites for hydroxylation is 1. The molecule has 2 aliphatic rings. The number of hydrogen-bond acceptors (Lipinski definition) is 6. The second kappa shape index (κ2) is 9.80. The fourth-order valence-corrected chi connectivity index (χ4v) is 3.71. The van der Waals surface area contributed by atoms with Crippen LogP contribution < -0.4 is 20.1 Å². The average Bonchev–Trinajstić information content (AvgIpc) is 3.27. The van der Waals surface area contributed by atoms with Crippen LogP contribution in [0.2, 0.25) is 0 Å². The molecule has 2 heterocycles. The van der Waals surface area contributed by atoms with E-state index in [1.807, 2.05) is 49.4 Å². The molecule has 0 radical (unpaired) electrons. The monoisotopic (exact) mass is 425 g/mol. The van der Waals surface area contributed by atoms with Crippen molar-refractivity contribution in [1.82, 2.24) is 15.5 Å². The standard InChI is InChI=1S/C23H27N3O5/c1-16-2-4-17(5-3-16)13-24-22(27)23(28)25-14-19(26-8-10-29-11-9-26)18-6-7-20-21(12-18)31-15-30-20/h2-7,12,19H,8-11,13-15H2,1H3,(H,24,27)(H,25,28)/t19-/m1/s1. The first kappa shape index (κ1) is 21.1. The third kappa shape index (κ3) is 5.34. The van der Waals surface area contributed by atoms with Crippen LogP contribution in [0.1, 0.15) is 22.7 Å². The molecule has 8 heteroatoms. The van der Waals surface area contributed by atoms with Crippen molar-refractivity contribution in [2.75, 3.05) is 39.6 Å². The molecule has 2 N–H and O–H groups in total. The molecule has 1 fully saturated rings. The molecule has 2 aromatic carbocycles. The largest absolute Gasteiger partial charge is 0.454 e. The molecular weight excluding hydrogens is 398 g/mol. The van der Waals surface area contributed by atoms with E-state index in [0.717, 1.165) is 29.8 Å². The van der Waals surface area contributed by atoms with Gasteiger partial charge in [0.05, 0.1) is 19.3 Å². The predicted octanol–water partition coefficient (Wildman–Crippen LogP) is 1.53. The normalized spacial score (nSPS) is 16.5. The third-order valence-corrected chi connectivity index (χ3v) is 5.50. The van der Waals surface area contributed by atoms with E-state index in [9.17, 15) is 9.59 Å². The summed E-state index contributed by atoms with van der Waals surface area (Å²) in [5, 5.41) is 5.46. The number of amides is 2. The van der Waals surface area contributed by atoms with Gasteiger partial charge in [-0.3, -0.25) is 14.5 Å². The third-order valence-electron chi connectivity index (χ3n) is 5.50. The minimum atomic E-state index is -0.647. The minimum Gasteiger partial charge on any atom is -0.454 e. The molecule has 1 atom stereocenters. The van der Waals surface area contributed by atoms with E-state index in [1.54, 1.807) is 0 Å². The molecule has 0 saturated carbocycles. The zero-order valence-corrected chi connectivity index (χ0v) is 17.6. The van der Waals surface area contributed by atoms with Crippen molar-refractivity contribution in [2.45, 2.75) is 19.5 Å². The number of nitrogens with zero attached hydrogens (tertiary/aromatic N) is 1. The van der Waals surface area contributed by atoms with Crippen LogP contribution in [-0.4, -0.2) is 56.4 Å². The van der Waals surface area contributed by atoms with Crippen LogP contribution in [-0.2, 0) is 20.9 Å². The maximum atomic E-state index is 12.4. The van der Waals surface area contributed by atoms with E-state index < -0.39 is 11.8 Å². The highest BCUT2D eigenvalue weighted by Gasteiger charge is 2.26. The Kier molecular flexibility index (Phi) is 6.69. The molecule has 1 saturated heterocycles. The summed E-state index contributed by atoms with van der Waals surface area (Å²) in [6.45, 7) is 5.57. The lowest BCUT2D eigenvalue weighted by Crippen LogP contribution is -2.46. The van der Waals surface area contributed by atoms with Gasteiger partial charge in [0.2, 0.25) is 6.79 Å². The molecule has 2 aromatic rings. The van der Waals surface area contributed by atoms with Gasteiger partial charge in [-0.1, -0.05) is 35.9 Å². The lowest BCUT2D eigenvalue weighted by Gasteiger charge is -2.34. The number of fused-ring (bicyclic) bond motifs is 1. The number of rotatable bonds is 6. The van der Waals surface area contributed by atoms with Crippen molar-refractivity contribution in [1.29, 1.82) is 0 Å². The Morgan fingerprint density at radius 2 is 1.68 bits per heavy atom. The van der Waals surface area contributed by atoms with Crippen molar-refractivity contribution in [2.24, 2.45) is 0 Å². The molecule has 31 heavy (non-hydrogen) atoms. The second-order valence-corrected chi connectivity index (χ2v) is 7.66. The van der Waals surface area contributed by atoms with E-state index in [2.05, 4.69) is 15.5 Å². The topological polar surface area (TPSA) is 89.1 Å². The molecule has 0 unspecified atom stereocenters. The molecule has 0 spiro atoms. The Balaban J connectivity index is 1.37. The zero-order valence-electron chi connectivity index (χ0n) is 17.6. The predicted molar refractivity (Wildman–Crippen MR) is 114 cm³/mol. The van der Waals surface area contributed by atoms with E-state index in [1.165, 1.54) is 0 Å². The number of nitrogens with one attached hydrogen (secondary N) is 2. The SMILES string of the molecule is Cc1ccc(CNC(=O)C(=O)NC[C@H](c2ccc3c(c2)OCO3)N2CCOCC2)cc1. The molecule has 4 rings (SSSR count). The first-order valence-electron chi connectivity index (χ1n) is 10.4. The number of benzene rings is 2. The van der Waals surface area contributed by atoms with Gasteiger partial charge >= 0.3 is 11.8 Å². The first-order valence-corrected chi connectivity index (χ1v) is 10.4. The molecule has 164 valence electrons. The van der Waals surface area contributed by atoms with Crippen LogP contribution in [0.5, 0.6) is 11.5 Å². The maximum absolute atomic E-state index is 12.4. The number of ether oxygens (including phenoxy) is 3. The molecular formula is C23H27N3O5. The average molecular weight is 425 g/mol. The van der Waals surface area contributed by atoms with Crippen LogP contribution in [0.15, 0.2) is 42.5 Å². The van der Waals surface area contributed by atoms with Crippen LogP contribution in [0.25, 0.3) is 0 Å². The quantitative estimate of drug-likeness (QED) is 0.683. The van der Waals surface area contributed by atoms with Gasteiger partial charge in [-0.25, -0.2) is 0 Å². The Morgan fingerprint density at radius 1 is 0.968 bits per heavy atom. The molecule has 2 aliphatic heterocycles. The van der Waals surface area contributed by atoms with Crippen LogP contribution in [0.3, 0.4) is 0 Å². The summed E-state index contributed by atoms with van der Waals surface area (Å²) in [6.07, 6.45) is 0. The summed E-state index contributed by atoms with van der Waals surface area (Å²) >= 11 is 0. The van der Waals surface area contributed by atoms with Crippen LogP contribution in [0, 0.1) is 6.92 Å². The van der Waals surface area contributed by atoms with E-state index in [-0.39, 0.29) is 12.8 Å². The minimum absolute atomic E-state index is 0.104. The molecule has 0 aliphatic carbocycles. The summed E-state index contributed by atoms with van der Waals surface area (Å²) in [6, 6.07) is 13.5. The Morgan fingerprint density at radius 3 is 2.45 bits per heavy atom. The number of carbonyl (C=O) groups is 2. The second-order valence-electron chi connectivity index (χ2n) is 7.66. The summed E-state index contributed by atoms with van der Waals surface area (Å²) in [7, 11) is 0. The number of carbonyl (C=O) groups excluding carboxylic acids is 2. The maximum Gasteiger partial charge on any atom is 0.309 e. The highest BCUT2D eigenvalue weighted by molar-refractivity contribution is 6.35. The van der Waals surface area contributed by atoms with Crippen molar-refractivity contribution >= 4 is 11.8 Å². The van der Waals surface area contributed by atoms with Crippen LogP contribution >= 0.6 is 0 Å². The Bertz CT molecular complexity index is 925. The molecule has 0 aromatic heterocycles. The van der Waals surface area contributed by atoms with Crippen molar-refractivity contribution in [3.63, 3.8) is 0 Å². The van der Waals surface area contributed by atoms with E-state index in [4.69, 9.17) is 14.2 Å². The highest BCUT2D eigenvalue weighted by atomic mass is 16.7. The molecule has 2 amide bonds. The molecule has 0 bridgehead atoms. The first-order chi connectivity index (χ1) is 15.1. The summed E-state index contributed by atoms with van der Waals surface area (Å²) in [4.78, 5) is 26.9. The Labute approximate surface area is 181 Å². The van der Waals surface area contributed by atoms with Gasteiger partial charge in [0.15, 0.2) is 11.5 Å². The van der Waals surface area contributed by atoms with Crippen LogP contribution in [0.4, 0.5) is 0 Å². The molecule has 8 nitrogen and oxygen atoms in total. The van der Waals surface area contributed by atoms with E-state index in [0.29, 0.717) is 37.8 Å². The van der Waals surface area contributed by atoms with Gasteiger partial charge < -0.3 is 24.8 Å². The summed E-state index contributed by atoms with van der Waals surface area (Å²) in [5.41, 5.74) is 3.08. The number of hydrogen-bond donors (Lipinski definition) is 2. The van der Waals surface area contributed by atoms with Gasteiger partial charge in [-0.15, -0.1) is 0 Å². The van der Waals surface area contributed by atoms with Crippen molar-refractivity contribution in [3.8, 4) is 11.5 Å². The van der Waals surface area contributed by atoms with Gasteiger partial charge in [0, 0.05) is 26.2 Å². The smallest absolute Gasteiger partial charge is 0.309 e. The summed E-state index contributed by atoms with van der Waals surface area (Å²) < 4.78 is 16.4. The van der Waals surface area contributed by atoms with Crippen molar-refractivity contribution < 1.29 is 23.8 Å². The lowest BCUT2D eigenvalue weighted by molar-refractivity contribution is -0.139. The fourth-order valence-electron chi connectivity index (χ4n) is 3.71. The van der Waals surface area contributed by atoms with Crippen molar-refractivity contribution in [3.05, 3.63) is 59.2 Å². The van der Waals surface area contributed by atoms with Gasteiger partial charge in [0.1, 0.15) is 0 Å². The lowest BCUT2D eigenvalue weighted by atomic mass is 10.0. The fraction of sp³-hybridized carbons (Fsp3) is 0.391. The Hall–Kier alpha value is -3.10. The van der Waals surface area contributed by atoms with Gasteiger partial charge in [-0.05, 0) is 30.2 Å². The van der Waals surface area contributed by atoms with Gasteiger partial charge in [0.25, 0.3) is 0 Å². The van der Waals surface area contributed by atoms with E-state index >= 15 is 0 Å².